The average molecular weight is 761 g/mol. The van der Waals surface area contributed by atoms with Crippen molar-refractivity contribution in [1.82, 2.24) is 19.9 Å². The molecule has 1 atom stereocenters. The number of ether oxygens (including phenoxy) is 3. The van der Waals surface area contributed by atoms with Crippen LogP contribution in [0.1, 0.15) is 89.6 Å². The minimum Gasteiger partial charge on any atom is -0.493 e. The first-order valence-electron chi connectivity index (χ1n) is 18.5. The molecule has 4 aromatic heterocycles. The molecule has 2 aliphatic carbocycles. The molecule has 0 saturated carbocycles. The molecular formula is C41H44N8O3S2. The minimum absolute atomic E-state index is 0.294. The van der Waals surface area contributed by atoms with Gasteiger partial charge in [-0.05, 0) is 103 Å². The van der Waals surface area contributed by atoms with Gasteiger partial charge in [-0.2, -0.15) is 10.2 Å². The van der Waals surface area contributed by atoms with Gasteiger partial charge in [0.1, 0.15) is 22.3 Å². The van der Waals surface area contributed by atoms with Gasteiger partial charge in [0.15, 0.2) is 23.1 Å². The van der Waals surface area contributed by atoms with Crippen molar-refractivity contribution < 1.29 is 14.2 Å². The SMILES string of the molecule is COc1cc(C(CC(C)(C)c2ccc(CN=Nc3ncnc4sc5c(c34)CCCC5)cc2)N=Nc2ncnc3sc4c(c23)CCCC4)cc(OC)c1OC. The molecule has 0 amide bonds. The fraction of sp³-hybridized carbons (Fsp3) is 0.415. The van der Waals surface area contributed by atoms with Crippen LogP contribution in [-0.4, -0.2) is 41.3 Å². The maximum atomic E-state index is 5.75. The van der Waals surface area contributed by atoms with Gasteiger partial charge in [0.2, 0.25) is 5.75 Å². The molecule has 0 bridgehead atoms. The highest BCUT2D eigenvalue weighted by atomic mass is 32.1. The van der Waals surface area contributed by atoms with Crippen molar-refractivity contribution in [2.75, 3.05) is 21.3 Å². The van der Waals surface area contributed by atoms with Gasteiger partial charge in [-0.25, -0.2) is 19.9 Å². The highest BCUT2D eigenvalue weighted by Crippen LogP contribution is 2.45. The highest BCUT2D eigenvalue weighted by Gasteiger charge is 2.29. The number of aromatic nitrogens is 4. The monoisotopic (exact) mass is 760 g/mol. The van der Waals surface area contributed by atoms with Crippen molar-refractivity contribution in [3.63, 3.8) is 0 Å². The van der Waals surface area contributed by atoms with Crippen LogP contribution in [0.2, 0.25) is 0 Å². The summed E-state index contributed by atoms with van der Waals surface area (Å²) in [6, 6.07) is 12.2. The molecule has 0 aliphatic heterocycles. The summed E-state index contributed by atoms with van der Waals surface area (Å²) in [6.45, 7) is 4.94. The van der Waals surface area contributed by atoms with Crippen LogP contribution in [0.3, 0.4) is 0 Å². The number of rotatable bonds is 12. The number of aryl methyl sites for hydroxylation is 4. The van der Waals surface area contributed by atoms with Crippen LogP contribution >= 0.6 is 22.7 Å². The second-order valence-electron chi connectivity index (χ2n) is 14.6. The first kappa shape index (κ1) is 36.1. The van der Waals surface area contributed by atoms with E-state index < -0.39 is 0 Å². The lowest BCUT2D eigenvalue weighted by Crippen LogP contribution is -2.20. The zero-order valence-corrected chi connectivity index (χ0v) is 33.0. The largest absolute Gasteiger partial charge is 0.493 e. The molecule has 54 heavy (non-hydrogen) atoms. The molecule has 0 fully saturated rings. The highest BCUT2D eigenvalue weighted by molar-refractivity contribution is 7.19. The van der Waals surface area contributed by atoms with Gasteiger partial charge in [0, 0.05) is 9.75 Å². The number of methoxy groups -OCH3 is 3. The topological polar surface area (TPSA) is 129 Å². The summed E-state index contributed by atoms with van der Waals surface area (Å²) in [5.74, 6) is 2.97. The summed E-state index contributed by atoms with van der Waals surface area (Å²) >= 11 is 3.53. The smallest absolute Gasteiger partial charge is 0.203 e. The first-order valence-corrected chi connectivity index (χ1v) is 20.2. The van der Waals surface area contributed by atoms with Crippen molar-refractivity contribution in [3.05, 3.63) is 86.6 Å². The number of nitrogens with zero attached hydrogens (tertiary/aromatic N) is 8. The van der Waals surface area contributed by atoms with E-state index in [9.17, 15) is 0 Å². The van der Waals surface area contributed by atoms with Crippen molar-refractivity contribution in [2.45, 2.75) is 89.6 Å². The quantitative estimate of drug-likeness (QED) is 0.114. The second kappa shape index (κ2) is 15.5. The normalized spacial score (nSPS) is 15.2. The van der Waals surface area contributed by atoms with E-state index in [4.69, 9.17) is 24.4 Å². The predicted octanol–water partition coefficient (Wildman–Crippen LogP) is 11.0. The number of thiophene rings is 2. The zero-order chi connectivity index (χ0) is 37.2. The Morgan fingerprint density at radius 3 is 1.81 bits per heavy atom. The fourth-order valence-corrected chi connectivity index (χ4v) is 10.2. The summed E-state index contributed by atoms with van der Waals surface area (Å²) in [6.07, 6.45) is 12.9. The van der Waals surface area contributed by atoms with Crippen molar-refractivity contribution in [1.29, 1.82) is 0 Å². The lowest BCUT2D eigenvalue weighted by atomic mass is 9.77. The number of azo groups is 2. The van der Waals surface area contributed by atoms with Crippen LogP contribution in [0.25, 0.3) is 20.4 Å². The van der Waals surface area contributed by atoms with E-state index in [1.807, 2.05) is 12.1 Å². The number of hydrogen-bond acceptors (Lipinski definition) is 13. The molecule has 278 valence electrons. The van der Waals surface area contributed by atoms with Gasteiger partial charge in [0.05, 0.1) is 44.7 Å². The number of hydrogen-bond donors (Lipinski definition) is 0. The average Bonchev–Trinajstić information content (AvgIpc) is 3.78. The molecule has 13 heteroatoms. The van der Waals surface area contributed by atoms with Gasteiger partial charge in [0.25, 0.3) is 0 Å². The Labute approximate surface area is 323 Å². The van der Waals surface area contributed by atoms with Crippen LogP contribution in [0.5, 0.6) is 17.2 Å². The zero-order valence-electron chi connectivity index (χ0n) is 31.4. The summed E-state index contributed by atoms with van der Waals surface area (Å²) in [5.41, 5.74) is 5.55. The molecule has 1 unspecified atom stereocenters. The van der Waals surface area contributed by atoms with Gasteiger partial charge >= 0.3 is 0 Å². The Morgan fingerprint density at radius 1 is 0.704 bits per heavy atom. The molecule has 6 aromatic rings. The van der Waals surface area contributed by atoms with Crippen LogP contribution in [-0.2, 0) is 37.6 Å². The van der Waals surface area contributed by atoms with Crippen LogP contribution in [0.15, 0.2) is 69.5 Å². The van der Waals surface area contributed by atoms with E-state index in [0.29, 0.717) is 41.8 Å². The number of fused-ring (bicyclic) bond motifs is 6. The van der Waals surface area contributed by atoms with Gasteiger partial charge < -0.3 is 14.2 Å². The van der Waals surface area contributed by atoms with Gasteiger partial charge in [-0.15, -0.1) is 32.9 Å². The molecule has 4 heterocycles. The summed E-state index contributed by atoms with van der Waals surface area (Å²) in [4.78, 5) is 23.1. The molecule has 0 N–H and O–H groups in total. The lowest BCUT2D eigenvalue weighted by Gasteiger charge is -2.29. The molecule has 0 saturated heterocycles. The van der Waals surface area contributed by atoms with E-state index >= 15 is 0 Å². The molecule has 2 aliphatic rings. The Hall–Kier alpha value is -4.88. The standard InChI is InChI=1S/C41H44N8O3S2/c1-41(2,26-16-14-24(15-17-26)21-46-48-37-34-27-10-6-8-12-32(27)53-39(34)44-22-42-37)20-29(25-18-30(50-3)36(52-5)31(19-25)51-4)47-49-38-35-28-11-7-9-13-33(28)54-40(35)45-23-43-38/h14-19,22-23,29H,6-13,20-21H2,1-5H3. The van der Waals surface area contributed by atoms with Crippen LogP contribution < -0.4 is 14.2 Å². The summed E-state index contributed by atoms with van der Waals surface area (Å²) in [7, 11) is 4.87. The molecule has 2 aromatic carbocycles. The van der Waals surface area contributed by atoms with E-state index in [-0.39, 0.29) is 11.5 Å². The maximum absolute atomic E-state index is 5.75. The second-order valence-corrected chi connectivity index (χ2v) is 16.7. The van der Waals surface area contributed by atoms with Crippen LogP contribution in [0, 0.1) is 0 Å². The molecule has 0 spiro atoms. The van der Waals surface area contributed by atoms with Gasteiger partial charge in [-0.1, -0.05) is 38.1 Å². The third-order valence-electron chi connectivity index (χ3n) is 10.7. The molecule has 8 rings (SSSR count). The van der Waals surface area contributed by atoms with Gasteiger partial charge in [-0.3, -0.25) is 0 Å². The lowest BCUT2D eigenvalue weighted by molar-refractivity contribution is 0.322. The molecular weight excluding hydrogens is 717 g/mol. The molecule has 0 radical (unpaired) electrons. The third kappa shape index (κ3) is 7.06. The fourth-order valence-electron chi connectivity index (χ4n) is 7.79. The predicted molar refractivity (Wildman–Crippen MR) is 214 cm³/mol. The van der Waals surface area contributed by atoms with Crippen molar-refractivity contribution >= 4 is 54.7 Å². The van der Waals surface area contributed by atoms with Crippen LogP contribution in [0.4, 0.5) is 11.6 Å². The minimum atomic E-state index is -0.353. The Balaban J connectivity index is 1.07. The Kier molecular flexibility index (Phi) is 10.3. The summed E-state index contributed by atoms with van der Waals surface area (Å²) < 4.78 is 17.1. The number of benzene rings is 2. The van der Waals surface area contributed by atoms with Crippen molar-refractivity contribution in [3.8, 4) is 17.2 Å². The Morgan fingerprint density at radius 2 is 1.26 bits per heavy atom. The van der Waals surface area contributed by atoms with E-state index in [1.54, 1.807) is 56.7 Å². The van der Waals surface area contributed by atoms with E-state index in [1.165, 1.54) is 45.7 Å². The van der Waals surface area contributed by atoms with E-state index in [0.717, 1.165) is 63.7 Å². The maximum Gasteiger partial charge on any atom is 0.203 e. The third-order valence-corrected chi connectivity index (χ3v) is 13.1. The molecule has 11 nitrogen and oxygen atoms in total. The summed E-state index contributed by atoms with van der Waals surface area (Å²) in [5, 5.41) is 21.2. The van der Waals surface area contributed by atoms with Crippen molar-refractivity contribution in [2.24, 2.45) is 20.5 Å². The van der Waals surface area contributed by atoms with E-state index in [2.05, 4.69) is 68.3 Å². The first-order chi connectivity index (χ1) is 26.4. The Bertz CT molecular complexity index is 2340.